The Morgan fingerprint density at radius 1 is 1.45 bits per heavy atom. The van der Waals surface area contributed by atoms with Gasteiger partial charge in [-0.1, -0.05) is 6.92 Å². The predicted molar refractivity (Wildman–Crippen MR) is 81.6 cm³/mol. The number of sulfonamides is 1. The van der Waals surface area contributed by atoms with Gasteiger partial charge in [0.2, 0.25) is 15.9 Å². The summed E-state index contributed by atoms with van der Waals surface area (Å²) in [5.74, 6) is -0.365. The molecule has 1 atom stereocenters. The Hall–Kier alpha value is -1.12. The van der Waals surface area contributed by atoms with Crippen LogP contribution in [0.15, 0.2) is 27.6 Å². The molecule has 20 heavy (non-hydrogen) atoms. The van der Waals surface area contributed by atoms with Gasteiger partial charge in [0.25, 0.3) is 0 Å². The number of carbonyl (C=O) groups is 1. The van der Waals surface area contributed by atoms with Crippen molar-refractivity contribution in [2.45, 2.75) is 31.2 Å². The van der Waals surface area contributed by atoms with Crippen LogP contribution in [0.3, 0.4) is 0 Å². The molecular formula is C12H18BrN3O3S. The first-order valence-corrected chi connectivity index (χ1v) is 8.40. The fourth-order valence-electron chi connectivity index (χ4n) is 1.48. The van der Waals surface area contributed by atoms with Gasteiger partial charge in [-0.05, 0) is 47.5 Å². The number of nitrogen functional groups attached to an aromatic ring is 1. The monoisotopic (exact) mass is 363 g/mol. The molecule has 0 fully saturated rings. The lowest BCUT2D eigenvalue weighted by molar-refractivity contribution is -0.122. The van der Waals surface area contributed by atoms with E-state index in [1.165, 1.54) is 13.0 Å². The maximum absolute atomic E-state index is 12.2. The molecular weight excluding hydrogens is 346 g/mol. The highest BCUT2D eigenvalue weighted by atomic mass is 79.9. The molecule has 1 aromatic rings. The van der Waals surface area contributed by atoms with Crippen LogP contribution in [0.5, 0.6) is 0 Å². The topological polar surface area (TPSA) is 101 Å². The van der Waals surface area contributed by atoms with E-state index in [1.807, 2.05) is 6.92 Å². The normalized spacial score (nSPS) is 12.9. The van der Waals surface area contributed by atoms with Crippen LogP contribution in [0.25, 0.3) is 0 Å². The van der Waals surface area contributed by atoms with Crippen molar-refractivity contribution in [2.75, 3.05) is 12.3 Å². The van der Waals surface area contributed by atoms with Crippen molar-refractivity contribution in [3.8, 4) is 0 Å². The van der Waals surface area contributed by atoms with Gasteiger partial charge in [-0.25, -0.2) is 8.42 Å². The molecule has 0 radical (unpaired) electrons. The third-order valence-electron chi connectivity index (χ3n) is 2.52. The lowest BCUT2D eigenvalue weighted by atomic mass is 10.3. The molecule has 0 aliphatic carbocycles. The third kappa shape index (κ3) is 4.46. The first kappa shape index (κ1) is 16.9. The van der Waals surface area contributed by atoms with Crippen LogP contribution in [-0.4, -0.2) is 26.9 Å². The van der Waals surface area contributed by atoms with E-state index in [0.29, 0.717) is 16.7 Å². The van der Waals surface area contributed by atoms with E-state index in [9.17, 15) is 13.2 Å². The highest BCUT2D eigenvalue weighted by molar-refractivity contribution is 9.10. The van der Waals surface area contributed by atoms with E-state index in [2.05, 4.69) is 26.0 Å². The molecule has 1 rings (SSSR count). The van der Waals surface area contributed by atoms with Crippen molar-refractivity contribution in [1.29, 1.82) is 0 Å². The second-order valence-corrected chi connectivity index (χ2v) is 6.86. The average Bonchev–Trinajstić information content (AvgIpc) is 2.38. The lowest BCUT2D eigenvalue weighted by Crippen LogP contribution is -2.44. The van der Waals surface area contributed by atoms with Crippen molar-refractivity contribution in [2.24, 2.45) is 0 Å². The number of hydrogen-bond acceptors (Lipinski definition) is 4. The zero-order valence-electron chi connectivity index (χ0n) is 11.3. The molecule has 112 valence electrons. The molecule has 8 heteroatoms. The molecule has 0 saturated heterocycles. The standard InChI is InChI=1S/C12H18BrN3O3S/c1-3-6-15-12(17)8(2)16-20(18,19)11-7-9(14)4-5-10(11)13/h4-5,7-8,16H,3,6,14H2,1-2H3,(H,15,17). The van der Waals surface area contributed by atoms with E-state index in [-0.39, 0.29) is 10.8 Å². The number of benzene rings is 1. The predicted octanol–water partition coefficient (Wildman–Crippen LogP) is 1.22. The van der Waals surface area contributed by atoms with E-state index in [4.69, 9.17) is 5.73 Å². The van der Waals surface area contributed by atoms with Gasteiger partial charge in [-0.15, -0.1) is 0 Å². The van der Waals surface area contributed by atoms with Crippen LogP contribution in [0.4, 0.5) is 5.69 Å². The first-order valence-electron chi connectivity index (χ1n) is 6.13. The number of hydrogen-bond donors (Lipinski definition) is 3. The second-order valence-electron chi connectivity index (χ2n) is 4.32. The number of amides is 1. The molecule has 0 saturated carbocycles. The van der Waals surface area contributed by atoms with Gasteiger partial charge >= 0.3 is 0 Å². The minimum atomic E-state index is -3.82. The number of carbonyl (C=O) groups excluding carboxylic acids is 1. The largest absolute Gasteiger partial charge is 0.399 e. The SMILES string of the molecule is CCCNC(=O)C(C)NS(=O)(=O)c1cc(N)ccc1Br. The van der Waals surface area contributed by atoms with Gasteiger partial charge in [0.05, 0.1) is 10.9 Å². The van der Waals surface area contributed by atoms with Crippen molar-refractivity contribution in [3.05, 3.63) is 22.7 Å². The van der Waals surface area contributed by atoms with Crippen molar-refractivity contribution >= 4 is 37.5 Å². The fourth-order valence-corrected chi connectivity index (χ4v) is 3.68. The minimum absolute atomic E-state index is 0.00708. The molecule has 1 aromatic carbocycles. The van der Waals surface area contributed by atoms with E-state index >= 15 is 0 Å². The molecule has 0 aliphatic heterocycles. The number of anilines is 1. The van der Waals surface area contributed by atoms with Crippen molar-refractivity contribution in [1.82, 2.24) is 10.0 Å². The maximum atomic E-state index is 12.2. The van der Waals surface area contributed by atoms with E-state index in [0.717, 1.165) is 6.42 Å². The Kier molecular flexibility index (Phi) is 5.97. The summed E-state index contributed by atoms with van der Waals surface area (Å²) < 4.78 is 27.1. The molecule has 0 aromatic heterocycles. The first-order chi connectivity index (χ1) is 9.27. The smallest absolute Gasteiger partial charge is 0.242 e. The molecule has 0 aliphatic rings. The molecule has 0 heterocycles. The highest BCUT2D eigenvalue weighted by Crippen LogP contribution is 2.24. The van der Waals surface area contributed by atoms with Gasteiger partial charge in [-0.2, -0.15) is 4.72 Å². The maximum Gasteiger partial charge on any atom is 0.242 e. The van der Waals surface area contributed by atoms with Crippen LogP contribution in [0, 0.1) is 0 Å². The summed E-state index contributed by atoms with van der Waals surface area (Å²) in [7, 11) is -3.82. The molecule has 1 amide bonds. The second kappa shape index (κ2) is 7.05. The Morgan fingerprint density at radius 2 is 2.10 bits per heavy atom. The fraction of sp³-hybridized carbons (Fsp3) is 0.417. The van der Waals surface area contributed by atoms with E-state index in [1.54, 1.807) is 12.1 Å². The number of halogens is 1. The number of nitrogens with two attached hydrogens (primary N) is 1. The van der Waals surface area contributed by atoms with Crippen LogP contribution in [0.2, 0.25) is 0 Å². The summed E-state index contributed by atoms with van der Waals surface area (Å²) in [6.45, 7) is 3.91. The number of rotatable bonds is 6. The minimum Gasteiger partial charge on any atom is -0.399 e. The zero-order chi connectivity index (χ0) is 15.3. The molecule has 0 bridgehead atoms. The molecule has 6 nitrogen and oxygen atoms in total. The third-order valence-corrected chi connectivity index (χ3v) is 5.05. The van der Waals surface area contributed by atoms with Crippen molar-refractivity contribution in [3.63, 3.8) is 0 Å². The van der Waals surface area contributed by atoms with Gasteiger partial charge in [0.1, 0.15) is 0 Å². The lowest BCUT2D eigenvalue weighted by Gasteiger charge is -2.15. The molecule has 1 unspecified atom stereocenters. The van der Waals surface area contributed by atoms with Gasteiger partial charge in [0, 0.05) is 16.7 Å². The Bertz CT molecular complexity index is 590. The van der Waals surface area contributed by atoms with Crippen LogP contribution in [-0.2, 0) is 14.8 Å². The molecule has 0 spiro atoms. The zero-order valence-corrected chi connectivity index (χ0v) is 13.7. The van der Waals surface area contributed by atoms with Crippen LogP contribution in [0.1, 0.15) is 20.3 Å². The highest BCUT2D eigenvalue weighted by Gasteiger charge is 2.23. The summed E-state index contributed by atoms with van der Waals surface area (Å²) in [5, 5.41) is 2.63. The number of nitrogens with one attached hydrogen (secondary N) is 2. The average molecular weight is 364 g/mol. The van der Waals surface area contributed by atoms with Crippen molar-refractivity contribution < 1.29 is 13.2 Å². The Labute approximate surface area is 127 Å². The van der Waals surface area contributed by atoms with Gasteiger partial charge in [0.15, 0.2) is 0 Å². The van der Waals surface area contributed by atoms with Crippen LogP contribution < -0.4 is 15.8 Å². The van der Waals surface area contributed by atoms with Crippen LogP contribution >= 0.6 is 15.9 Å². The Morgan fingerprint density at radius 3 is 2.70 bits per heavy atom. The summed E-state index contributed by atoms with van der Waals surface area (Å²) in [6.07, 6.45) is 0.784. The summed E-state index contributed by atoms with van der Waals surface area (Å²) >= 11 is 3.16. The van der Waals surface area contributed by atoms with Gasteiger partial charge < -0.3 is 11.1 Å². The molecule has 4 N–H and O–H groups in total. The quantitative estimate of drug-likeness (QED) is 0.661. The summed E-state index contributed by atoms with van der Waals surface area (Å²) in [5.41, 5.74) is 5.92. The summed E-state index contributed by atoms with van der Waals surface area (Å²) in [6, 6.07) is 3.61. The summed E-state index contributed by atoms with van der Waals surface area (Å²) in [4.78, 5) is 11.7. The van der Waals surface area contributed by atoms with Gasteiger partial charge in [-0.3, -0.25) is 4.79 Å². The Balaban J connectivity index is 2.89. The van der Waals surface area contributed by atoms with E-state index < -0.39 is 16.1 Å².